The molecule has 0 saturated heterocycles. The fraction of sp³-hybridized carbons (Fsp3) is 0.393. The Morgan fingerprint density at radius 1 is 1.11 bits per heavy atom. The van der Waals surface area contributed by atoms with Crippen molar-refractivity contribution < 1.29 is 23.8 Å². The van der Waals surface area contributed by atoms with Crippen LogP contribution in [-0.2, 0) is 22.5 Å². The third kappa shape index (κ3) is 4.86. The van der Waals surface area contributed by atoms with Crippen molar-refractivity contribution in [1.82, 2.24) is 9.88 Å². The number of ether oxygens (including phenoxy) is 3. The summed E-state index contributed by atoms with van der Waals surface area (Å²) in [5.74, 6) is 0.342. The topological polar surface area (TPSA) is 90.0 Å². The van der Waals surface area contributed by atoms with Crippen LogP contribution in [0.15, 0.2) is 42.5 Å². The number of nitrogens with zero attached hydrogens (tertiary/aromatic N) is 2. The molecule has 2 aliphatic heterocycles. The molecule has 3 aromatic rings. The van der Waals surface area contributed by atoms with Crippen LogP contribution in [0.4, 0.5) is 5.69 Å². The number of carbonyl (C=O) groups excluding carboxylic acids is 2. The predicted molar refractivity (Wildman–Crippen MR) is 137 cm³/mol. The molecule has 8 nitrogen and oxygen atoms in total. The van der Waals surface area contributed by atoms with Crippen LogP contribution in [0.3, 0.4) is 0 Å². The van der Waals surface area contributed by atoms with E-state index >= 15 is 0 Å². The van der Waals surface area contributed by atoms with Gasteiger partial charge >= 0.3 is 5.97 Å². The lowest BCUT2D eigenvalue weighted by atomic mass is 9.95. The Labute approximate surface area is 210 Å². The smallest absolute Gasteiger partial charge is 0.340 e. The molecule has 3 heterocycles. The molecule has 1 aromatic heterocycles. The lowest BCUT2D eigenvalue weighted by Crippen LogP contribution is -2.35. The molecule has 188 valence electrons. The molecule has 0 spiro atoms. The summed E-state index contributed by atoms with van der Waals surface area (Å²) in [7, 11) is 0. The SMILES string of the molecule is CCCN1CCc2nc3ccccc3c(C(=O)OC(CC)C(=O)Nc3ccc4c(c3)OCCO4)c2C1. The van der Waals surface area contributed by atoms with E-state index < -0.39 is 12.1 Å². The van der Waals surface area contributed by atoms with E-state index in [2.05, 4.69) is 17.1 Å². The average Bonchev–Trinajstić information content (AvgIpc) is 2.90. The van der Waals surface area contributed by atoms with E-state index in [4.69, 9.17) is 19.2 Å². The van der Waals surface area contributed by atoms with Gasteiger partial charge in [-0.2, -0.15) is 0 Å². The van der Waals surface area contributed by atoms with Crippen molar-refractivity contribution >= 4 is 28.5 Å². The van der Waals surface area contributed by atoms with E-state index in [0.717, 1.165) is 48.1 Å². The number of nitrogens with one attached hydrogen (secondary N) is 1. The Hall–Kier alpha value is -3.65. The second kappa shape index (κ2) is 10.5. The first-order valence-corrected chi connectivity index (χ1v) is 12.6. The fourth-order valence-corrected chi connectivity index (χ4v) is 4.84. The zero-order valence-electron chi connectivity index (χ0n) is 20.7. The highest BCUT2D eigenvalue weighted by molar-refractivity contribution is 6.06. The quantitative estimate of drug-likeness (QED) is 0.494. The van der Waals surface area contributed by atoms with Gasteiger partial charge in [0.15, 0.2) is 17.6 Å². The zero-order chi connectivity index (χ0) is 25.1. The molecule has 2 aliphatic rings. The van der Waals surface area contributed by atoms with Gasteiger partial charge < -0.3 is 19.5 Å². The summed E-state index contributed by atoms with van der Waals surface area (Å²) in [6.07, 6.45) is 1.22. The van der Waals surface area contributed by atoms with Crippen LogP contribution in [0.2, 0.25) is 0 Å². The Bertz CT molecular complexity index is 1290. The molecule has 1 N–H and O–H groups in total. The van der Waals surface area contributed by atoms with E-state index in [1.54, 1.807) is 18.2 Å². The second-order valence-corrected chi connectivity index (χ2v) is 9.11. The first-order valence-electron chi connectivity index (χ1n) is 12.6. The van der Waals surface area contributed by atoms with Crippen LogP contribution in [0.25, 0.3) is 10.9 Å². The molecule has 0 aliphatic carbocycles. The molecule has 5 rings (SSSR count). The van der Waals surface area contributed by atoms with Gasteiger partial charge in [-0.3, -0.25) is 14.7 Å². The van der Waals surface area contributed by atoms with Crippen molar-refractivity contribution in [3.63, 3.8) is 0 Å². The number of benzene rings is 2. The zero-order valence-corrected chi connectivity index (χ0v) is 20.7. The molecule has 0 saturated carbocycles. The summed E-state index contributed by atoms with van der Waals surface area (Å²) < 4.78 is 17.0. The molecule has 0 radical (unpaired) electrons. The summed E-state index contributed by atoms with van der Waals surface area (Å²) >= 11 is 0. The number of hydrogen-bond acceptors (Lipinski definition) is 7. The van der Waals surface area contributed by atoms with Crippen molar-refractivity contribution in [3.05, 3.63) is 59.3 Å². The first kappa shape index (κ1) is 24.1. The normalized spacial score (nSPS) is 15.7. The molecule has 1 amide bonds. The molecule has 8 heteroatoms. The predicted octanol–water partition coefficient (Wildman–Crippen LogP) is 4.35. The molecule has 36 heavy (non-hydrogen) atoms. The highest BCUT2D eigenvalue weighted by Crippen LogP contribution is 2.33. The third-order valence-corrected chi connectivity index (χ3v) is 6.59. The molecule has 1 unspecified atom stereocenters. The van der Waals surface area contributed by atoms with Gasteiger partial charge in [-0.1, -0.05) is 32.0 Å². The summed E-state index contributed by atoms with van der Waals surface area (Å²) in [5.41, 5.74) is 3.67. The summed E-state index contributed by atoms with van der Waals surface area (Å²) in [4.78, 5) is 33.9. The first-order chi connectivity index (χ1) is 17.6. The Morgan fingerprint density at radius 3 is 2.72 bits per heavy atom. The van der Waals surface area contributed by atoms with E-state index in [1.807, 2.05) is 31.2 Å². The van der Waals surface area contributed by atoms with Crippen molar-refractivity contribution in [2.45, 2.75) is 45.8 Å². The maximum atomic E-state index is 13.6. The number of rotatable bonds is 7. The van der Waals surface area contributed by atoms with Gasteiger partial charge in [-0.05, 0) is 37.6 Å². The molecule has 0 bridgehead atoms. The van der Waals surface area contributed by atoms with Gasteiger partial charge in [0.25, 0.3) is 5.91 Å². The number of aromatic nitrogens is 1. The fourth-order valence-electron chi connectivity index (χ4n) is 4.84. The summed E-state index contributed by atoms with van der Waals surface area (Å²) in [6.45, 7) is 7.44. The number of para-hydroxylation sites is 1. The van der Waals surface area contributed by atoms with E-state index in [-0.39, 0.29) is 5.91 Å². The van der Waals surface area contributed by atoms with Crippen LogP contribution in [0.1, 0.15) is 48.3 Å². The van der Waals surface area contributed by atoms with Crippen LogP contribution in [-0.4, -0.2) is 54.2 Å². The van der Waals surface area contributed by atoms with Gasteiger partial charge in [-0.15, -0.1) is 0 Å². The Balaban J connectivity index is 1.40. The van der Waals surface area contributed by atoms with Crippen LogP contribution < -0.4 is 14.8 Å². The number of carbonyl (C=O) groups is 2. The molecule has 2 aromatic carbocycles. The minimum atomic E-state index is -0.941. The number of anilines is 1. The summed E-state index contributed by atoms with van der Waals surface area (Å²) in [5, 5.41) is 3.60. The summed E-state index contributed by atoms with van der Waals surface area (Å²) in [6, 6.07) is 12.8. The highest BCUT2D eigenvalue weighted by Gasteiger charge is 2.29. The van der Waals surface area contributed by atoms with E-state index in [1.165, 1.54) is 0 Å². The maximum absolute atomic E-state index is 13.6. The number of amides is 1. The Morgan fingerprint density at radius 2 is 1.92 bits per heavy atom. The van der Waals surface area contributed by atoms with Crippen LogP contribution in [0.5, 0.6) is 11.5 Å². The molecule has 0 fully saturated rings. The standard InChI is InChI=1S/C28H31N3O5/c1-3-12-31-13-11-22-20(17-31)26(19-7-5-6-8-21(19)30-22)28(33)36-23(4-2)27(32)29-18-9-10-24-25(16-18)35-15-14-34-24/h5-10,16,23H,3-4,11-15,17H2,1-2H3,(H,29,32). The minimum Gasteiger partial charge on any atom is -0.486 e. The van der Waals surface area contributed by atoms with Gasteiger partial charge in [0.1, 0.15) is 13.2 Å². The Kier molecular flexibility index (Phi) is 7.04. The largest absolute Gasteiger partial charge is 0.486 e. The lowest BCUT2D eigenvalue weighted by Gasteiger charge is -2.30. The third-order valence-electron chi connectivity index (χ3n) is 6.59. The van der Waals surface area contributed by atoms with Crippen molar-refractivity contribution in [3.8, 4) is 11.5 Å². The van der Waals surface area contributed by atoms with Gasteiger partial charge in [0.05, 0.1) is 11.1 Å². The number of esters is 1. The lowest BCUT2D eigenvalue weighted by molar-refractivity contribution is -0.124. The van der Waals surface area contributed by atoms with Crippen LogP contribution in [0, 0.1) is 0 Å². The molecular weight excluding hydrogens is 458 g/mol. The second-order valence-electron chi connectivity index (χ2n) is 9.11. The van der Waals surface area contributed by atoms with E-state index in [9.17, 15) is 9.59 Å². The maximum Gasteiger partial charge on any atom is 0.340 e. The molecule has 1 atom stereocenters. The highest BCUT2D eigenvalue weighted by atomic mass is 16.6. The van der Waals surface area contributed by atoms with E-state index in [0.29, 0.717) is 48.9 Å². The van der Waals surface area contributed by atoms with Crippen molar-refractivity contribution in [2.75, 3.05) is 31.6 Å². The van der Waals surface area contributed by atoms with Gasteiger partial charge in [0.2, 0.25) is 0 Å². The van der Waals surface area contributed by atoms with Crippen molar-refractivity contribution in [2.24, 2.45) is 0 Å². The van der Waals surface area contributed by atoms with Crippen molar-refractivity contribution in [1.29, 1.82) is 0 Å². The molecular formula is C28H31N3O5. The monoisotopic (exact) mass is 489 g/mol. The number of hydrogen-bond donors (Lipinski definition) is 1. The number of fused-ring (bicyclic) bond motifs is 3. The van der Waals surface area contributed by atoms with Gasteiger partial charge in [-0.25, -0.2) is 4.79 Å². The van der Waals surface area contributed by atoms with Crippen LogP contribution >= 0.6 is 0 Å². The number of pyridine rings is 1. The minimum absolute atomic E-state index is 0.343. The van der Waals surface area contributed by atoms with Gasteiger partial charge in [0, 0.05) is 47.9 Å². The average molecular weight is 490 g/mol.